The Morgan fingerprint density at radius 2 is 1.78 bits per heavy atom. The predicted molar refractivity (Wildman–Crippen MR) is 88.5 cm³/mol. The minimum absolute atomic E-state index is 0.0301. The largest absolute Gasteiger partial charge is 0.460 e. The van der Waals surface area contributed by atoms with Gasteiger partial charge in [-0.3, -0.25) is 9.54 Å². The van der Waals surface area contributed by atoms with Gasteiger partial charge >= 0.3 is 0 Å². The van der Waals surface area contributed by atoms with Crippen molar-refractivity contribution >= 4 is 10.1 Å². The summed E-state index contributed by atoms with van der Waals surface area (Å²) in [6.07, 6.45) is -5.05. The van der Waals surface area contributed by atoms with Crippen molar-refractivity contribution in [2.24, 2.45) is 0 Å². The molecule has 9 nitrogen and oxygen atoms in total. The molecule has 1 saturated heterocycles. The molecule has 146 valence electrons. The number of aliphatic hydroxyl groups excluding tert-OH is 3. The molecule has 11 heteroatoms. The quantitative estimate of drug-likeness (QED) is 0.517. The van der Waals surface area contributed by atoms with E-state index in [1.165, 1.54) is 36.7 Å². The fourth-order valence-electron chi connectivity index (χ4n) is 2.62. The van der Waals surface area contributed by atoms with Gasteiger partial charge in [0.25, 0.3) is 10.1 Å². The Morgan fingerprint density at radius 1 is 1.07 bits per heavy atom. The SMILES string of the molecule is O=S(=O)(O)C1O[C@@H](Oc2cncc(-c3ccccc3F)c2)[C@H](O)[C@@H](O)[C@@H]1O. The number of aliphatic hydroxyl groups is 3. The van der Waals surface area contributed by atoms with E-state index in [4.69, 9.17) is 14.0 Å². The molecule has 0 saturated carbocycles. The Bertz CT molecular complexity index is 924. The van der Waals surface area contributed by atoms with Crippen molar-refractivity contribution < 1.29 is 42.2 Å². The van der Waals surface area contributed by atoms with Crippen LogP contribution in [0.4, 0.5) is 4.39 Å². The molecule has 0 bridgehead atoms. The Balaban J connectivity index is 1.86. The molecular weight excluding hydrogens is 385 g/mol. The first-order valence-electron chi connectivity index (χ1n) is 7.71. The number of hydrogen-bond acceptors (Lipinski definition) is 8. The molecule has 3 rings (SSSR count). The first kappa shape index (κ1) is 19.6. The van der Waals surface area contributed by atoms with Crippen molar-refractivity contribution in [3.8, 4) is 16.9 Å². The lowest BCUT2D eigenvalue weighted by Crippen LogP contribution is -2.61. The smallest absolute Gasteiger partial charge is 0.295 e. The maximum absolute atomic E-state index is 13.9. The second-order valence-electron chi connectivity index (χ2n) is 5.87. The molecule has 2 heterocycles. The normalized spacial score (nSPS) is 28.7. The van der Waals surface area contributed by atoms with E-state index in [9.17, 15) is 28.1 Å². The number of pyridine rings is 1. The minimum atomic E-state index is -4.90. The highest BCUT2D eigenvalue weighted by Gasteiger charge is 2.50. The maximum Gasteiger partial charge on any atom is 0.295 e. The Hall–Kier alpha value is -2.15. The summed E-state index contributed by atoms with van der Waals surface area (Å²) in [6, 6.07) is 7.26. The molecule has 1 unspecified atom stereocenters. The van der Waals surface area contributed by atoms with Gasteiger partial charge < -0.3 is 24.8 Å². The summed E-state index contributed by atoms with van der Waals surface area (Å²) in [5, 5.41) is 29.4. The zero-order valence-electron chi connectivity index (χ0n) is 13.6. The van der Waals surface area contributed by atoms with Crippen LogP contribution in [0, 0.1) is 5.82 Å². The van der Waals surface area contributed by atoms with Gasteiger partial charge in [-0.05, 0) is 12.1 Å². The summed E-state index contributed by atoms with van der Waals surface area (Å²) < 4.78 is 55.8. The summed E-state index contributed by atoms with van der Waals surface area (Å²) in [5.74, 6) is -0.534. The molecule has 1 fully saturated rings. The molecule has 1 aromatic carbocycles. The maximum atomic E-state index is 13.9. The van der Waals surface area contributed by atoms with Gasteiger partial charge in [0.2, 0.25) is 11.7 Å². The van der Waals surface area contributed by atoms with Gasteiger partial charge in [0, 0.05) is 17.3 Å². The van der Waals surface area contributed by atoms with Crippen molar-refractivity contribution in [3.63, 3.8) is 0 Å². The highest BCUT2D eigenvalue weighted by molar-refractivity contribution is 7.86. The number of hydrogen-bond donors (Lipinski definition) is 4. The number of nitrogens with zero attached hydrogens (tertiary/aromatic N) is 1. The third-order valence-corrected chi connectivity index (χ3v) is 4.95. The van der Waals surface area contributed by atoms with E-state index >= 15 is 0 Å². The van der Waals surface area contributed by atoms with Crippen LogP contribution in [0.2, 0.25) is 0 Å². The lowest BCUT2D eigenvalue weighted by atomic mass is 10.1. The molecule has 5 atom stereocenters. The van der Waals surface area contributed by atoms with Crippen molar-refractivity contribution in [3.05, 3.63) is 48.5 Å². The van der Waals surface area contributed by atoms with E-state index in [1.807, 2.05) is 0 Å². The molecule has 1 aliphatic rings. The number of benzene rings is 1. The van der Waals surface area contributed by atoms with E-state index in [1.54, 1.807) is 6.07 Å². The predicted octanol–water partition coefficient (Wildman–Crippen LogP) is -0.0806. The van der Waals surface area contributed by atoms with Crippen LogP contribution in [0.1, 0.15) is 0 Å². The topological polar surface area (TPSA) is 146 Å². The van der Waals surface area contributed by atoms with Gasteiger partial charge in [-0.1, -0.05) is 18.2 Å². The molecule has 2 aromatic rings. The lowest BCUT2D eigenvalue weighted by molar-refractivity contribution is -0.254. The zero-order valence-corrected chi connectivity index (χ0v) is 14.4. The second kappa shape index (κ2) is 7.46. The van der Waals surface area contributed by atoms with Crippen molar-refractivity contribution in [2.45, 2.75) is 30.0 Å². The van der Waals surface area contributed by atoms with Crippen LogP contribution in [0.3, 0.4) is 0 Å². The van der Waals surface area contributed by atoms with Gasteiger partial charge in [-0.2, -0.15) is 8.42 Å². The summed E-state index contributed by atoms with van der Waals surface area (Å²) >= 11 is 0. The molecular formula is C16H16FNO8S. The third-order valence-electron chi connectivity index (χ3n) is 3.97. The molecule has 0 amide bonds. The zero-order chi connectivity index (χ0) is 19.8. The van der Waals surface area contributed by atoms with E-state index in [2.05, 4.69) is 4.98 Å². The average molecular weight is 401 g/mol. The third kappa shape index (κ3) is 4.08. The number of ether oxygens (including phenoxy) is 2. The van der Waals surface area contributed by atoms with Crippen molar-refractivity contribution in [1.82, 2.24) is 4.98 Å². The fraction of sp³-hybridized carbons (Fsp3) is 0.312. The Kier molecular flexibility index (Phi) is 5.42. The van der Waals surface area contributed by atoms with Gasteiger partial charge in [0.1, 0.15) is 29.9 Å². The molecule has 0 aliphatic carbocycles. The van der Waals surface area contributed by atoms with E-state index in [-0.39, 0.29) is 11.3 Å². The summed E-state index contributed by atoms with van der Waals surface area (Å²) in [6.45, 7) is 0. The van der Waals surface area contributed by atoms with Crippen LogP contribution < -0.4 is 4.74 Å². The van der Waals surface area contributed by atoms with Crippen LogP contribution >= 0.6 is 0 Å². The molecule has 0 radical (unpaired) electrons. The van der Waals surface area contributed by atoms with E-state index < -0.39 is 46.0 Å². The average Bonchev–Trinajstić information content (AvgIpc) is 2.62. The minimum Gasteiger partial charge on any atom is -0.460 e. The monoisotopic (exact) mass is 401 g/mol. The van der Waals surface area contributed by atoms with Crippen LogP contribution in [0.5, 0.6) is 5.75 Å². The van der Waals surface area contributed by atoms with Crippen LogP contribution in [-0.4, -0.2) is 63.3 Å². The second-order valence-corrected chi connectivity index (χ2v) is 7.36. The van der Waals surface area contributed by atoms with Crippen LogP contribution in [0.25, 0.3) is 11.1 Å². The summed E-state index contributed by atoms with van der Waals surface area (Å²) in [4.78, 5) is 3.89. The lowest BCUT2D eigenvalue weighted by Gasteiger charge is -2.38. The van der Waals surface area contributed by atoms with Crippen LogP contribution in [0.15, 0.2) is 42.7 Å². The van der Waals surface area contributed by atoms with Crippen LogP contribution in [-0.2, 0) is 14.9 Å². The summed E-state index contributed by atoms with van der Waals surface area (Å²) in [5.41, 5.74) is -1.65. The fourth-order valence-corrected chi connectivity index (χ4v) is 3.38. The first-order chi connectivity index (χ1) is 12.7. The Morgan fingerprint density at radius 3 is 2.44 bits per heavy atom. The number of rotatable bonds is 4. The van der Waals surface area contributed by atoms with E-state index in [0.29, 0.717) is 5.56 Å². The number of aromatic nitrogens is 1. The molecule has 1 aromatic heterocycles. The van der Waals surface area contributed by atoms with Gasteiger partial charge in [0.15, 0.2) is 0 Å². The van der Waals surface area contributed by atoms with Crippen molar-refractivity contribution in [1.29, 1.82) is 0 Å². The molecule has 0 spiro atoms. The highest BCUT2D eigenvalue weighted by atomic mass is 32.2. The van der Waals surface area contributed by atoms with Gasteiger partial charge in [-0.15, -0.1) is 0 Å². The van der Waals surface area contributed by atoms with Gasteiger partial charge in [-0.25, -0.2) is 4.39 Å². The molecule has 4 N–H and O–H groups in total. The highest BCUT2D eigenvalue weighted by Crippen LogP contribution is 2.29. The van der Waals surface area contributed by atoms with Gasteiger partial charge in [0.05, 0.1) is 6.20 Å². The van der Waals surface area contributed by atoms with Crippen molar-refractivity contribution in [2.75, 3.05) is 0 Å². The molecule has 27 heavy (non-hydrogen) atoms. The first-order valence-corrected chi connectivity index (χ1v) is 9.21. The summed E-state index contributed by atoms with van der Waals surface area (Å²) in [7, 11) is -4.90. The van der Waals surface area contributed by atoms with E-state index in [0.717, 1.165) is 0 Å². The standard InChI is InChI=1S/C16H16FNO8S/c17-11-4-2-1-3-10(11)8-5-9(7-18-6-8)25-15-13(20)12(19)14(21)16(26-15)27(22,23)24/h1-7,12-16,19-21H,(H,22,23,24)/t12-,13-,14+,15-,16?/m1/s1. The Labute approximate surface area is 153 Å². The molecule has 1 aliphatic heterocycles. The number of halogens is 1.